The molecule has 0 aliphatic heterocycles. The fourth-order valence-electron chi connectivity index (χ4n) is 9.95. The standard InChI is InChI=1S/C58H34N2O4/c1-3-13-35(14-4-1)59(49-21-11-19-43-39-17-7-9-23-51(39)61-57(43)49)37-25-27-41-45-29-31-48-47(55(45)63-53(41)33-37)32-30-46-42-28-26-38(34-54(42)64-56(46)48)60(36-15-5-2-6-16-36)50-22-12-20-44-40-18-8-10-24-52(40)62-58(44)50/h1-34H. The molecular weight excluding hydrogens is 789 g/mol. The molecule has 64 heavy (non-hydrogen) atoms. The molecule has 0 aliphatic carbocycles. The van der Waals surface area contributed by atoms with Gasteiger partial charge in [0.05, 0.1) is 22.7 Å². The minimum Gasteiger partial charge on any atom is -0.455 e. The Morgan fingerprint density at radius 2 is 0.547 bits per heavy atom. The summed E-state index contributed by atoms with van der Waals surface area (Å²) in [6.45, 7) is 0. The van der Waals surface area contributed by atoms with Crippen molar-refractivity contribution < 1.29 is 17.7 Å². The molecule has 300 valence electrons. The van der Waals surface area contributed by atoms with Crippen LogP contribution >= 0.6 is 0 Å². The lowest BCUT2D eigenvalue weighted by Gasteiger charge is -2.25. The van der Waals surface area contributed by atoms with E-state index in [1.165, 1.54) is 0 Å². The minimum atomic E-state index is 0.799. The van der Waals surface area contributed by atoms with Gasteiger partial charge in [0.2, 0.25) is 0 Å². The monoisotopic (exact) mass is 822 g/mol. The van der Waals surface area contributed by atoms with Gasteiger partial charge in [0.15, 0.2) is 11.2 Å². The average Bonchev–Trinajstić information content (AvgIpc) is 4.13. The molecule has 6 heteroatoms. The van der Waals surface area contributed by atoms with Crippen molar-refractivity contribution in [3.05, 3.63) is 206 Å². The molecule has 0 fully saturated rings. The van der Waals surface area contributed by atoms with Crippen LogP contribution in [0.2, 0.25) is 0 Å². The number of fused-ring (bicyclic) bond motifs is 15. The molecule has 0 bridgehead atoms. The van der Waals surface area contributed by atoms with Gasteiger partial charge in [-0.2, -0.15) is 0 Å². The summed E-state index contributed by atoms with van der Waals surface area (Å²) >= 11 is 0. The number of nitrogens with zero attached hydrogens (tertiary/aromatic N) is 2. The van der Waals surface area contributed by atoms with Crippen LogP contribution in [0.15, 0.2) is 224 Å². The van der Waals surface area contributed by atoms with Gasteiger partial charge in [0.25, 0.3) is 0 Å². The zero-order valence-electron chi connectivity index (χ0n) is 34.2. The second-order valence-corrected chi connectivity index (χ2v) is 16.4. The van der Waals surface area contributed by atoms with Gasteiger partial charge >= 0.3 is 0 Å². The molecule has 0 atom stereocenters. The third-order valence-corrected chi connectivity index (χ3v) is 12.8. The van der Waals surface area contributed by atoms with Crippen molar-refractivity contribution in [1.29, 1.82) is 0 Å². The third kappa shape index (κ3) is 5.08. The Hall–Kier alpha value is -8.74. The smallest absolute Gasteiger partial charge is 0.159 e. The summed E-state index contributed by atoms with van der Waals surface area (Å²) in [5, 5.41) is 10.5. The van der Waals surface area contributed by atoms with Gasteiger partial charge in [-0.05, 0) is 97.1 Å². The summed E-state index contributed by atoms with van der Waals surface area (Å²) in [4.78, 5) is 4.50. The number of furan rings is 4. The minimum absolute atomic E-state index is 0.799. The van der Waals surface area contributed by atoms with Crippen LogP contribution in [0, 0.1) is 0 Å². The van der Waals surface area contributed by atoms with Gasteiger partial charge in [-0.3, -0.25) is 0 Å². The van der Waals surface area contributed by atoms with Gasteiger partial charge in [0.1, 0.15) is 33.5 Å². The van der Waals surface area contributed by atoms with Crippen LogP contribution in [0.4, 0.5) is 34.1 Å². The quantitative estimate of drug-likeness (QED) is 0.166. The van der Waals surface area contributed by atoms with Crippen molar-refractivity contribution in [2.24, 2.45) is 0 Å². The van der Waals surface area contributed by atoms with E-state index >= 15 is 0 Å². The van der Waals surface area contributed by atoms with Crippen molar-refractivity contribution in [3.8, 4) is 0 Å². The number of rotatable bonds is 6. The molecule has 4 aromatic heterocycles. The zero-order valence-corrected chi connectivity index (χ0v) is 34.2. The first-order chi connectivity index (χ1) is 31.7. The van der Waals surface area contributed by atoms with Gasteiger partial charge < -0.3 is 27.5 Å². The second kappa shape index (κ2) is 13.4. The highest BCUT2D eigenvalue weighted by Gasteiger charge is 2.23. The first-order valence-electron chi connectivity index (χ1n) is 21.5. The highest BCUT2D eigenvalue weighted by molar-refractivity contribution is 6.23. The van der Waals surface area contributed by atoms with Gasteiger partial charge in [-0.1, -0.05) is 97.1 Å². The molecule has 0 unspecified atom stereocenters. The molecule has 0 spiro atoms. The van der Waals surface area contributed by atoms with Crippen LogP contribution in [0.3, 0.4) is 0 Å². The van der Waals surface area contributed by atoms with Crippen LogP contribution in [0.25, 0.3) is 98.5 Å². The lowest BCUT2D eigenvalue weighted by Crippen LogP contribution is -2.09. The molecule has 10 aromatic carbocycles. The van der Waals surface area contributed by atoms with Crippen LogP contribution in [-0.4, -0.2) is 0 Å². The Morgan fingerprint density at radius 3 is 1.00 bits per heavy atom. The molecule has 14 aromatic rings. The summed E-state index contributed by atoms with van der Waals surface area (Å²) in [7, 11) is 0. The van der Waals surface area contributed by atoms with Crippen molar-refractivity contribution in [2.45, 2.75) is 0 Å². The summed E-state index contributed by atoms with van der Waals surface area (Å²) in [6, 6.07) is 71.6. The van der Waals surface area contributed by atoms with E-state index in [1.54, 1.807) is 0 Å². The summed E-state index contributed by atoms with van der Waals surface area (Å²) in [5.41, 5.74) is 12.5. The average molecular weight is 823 g/mol. The first-order valence-corrected chi connectivity index (χ1v) is 21.5. The van der Waals surface area contributed by atoms with Crippen molar-refractivity contribution in [3.63, 3.8) is 0 Å². The molecule has 0 amide bonds. The SMILES string of the molecule is c1ccc(N(c2ccc3c(c2)oc2c3ccc3c2ccc2c4ccc(N(c5ccccc5)c5cccc6c5oc5ccccc56)cc4oc23)c2cccc3c2oc2ccccc23)cc1. The van der Waals surface area contributed by atoms with Crippen LogP contribution < -0.4 is 9.80 Å². The number of hydrogen-bond donors (Lipinski definition) is 0. The Bertz CT molecular complexity index is 3890. The molecule has 14 rings (SSSR count). The Morgan fingerprint density at radius 1 is 0.219 bits per heavy atom. The predicted molar refractivity (Wildman–Crippen MR) is 262 cm³/mol. The molecular formula is C58H34N2O4. The maximum atomic E-state index is 6.88. The van der Waals surface area contributed by atoms with E-state index in [9.17, 15) is 0 Å². The summed E-state index contributed by atoms with van der Waals surface area (Å²) in [6.07, 6.45) is 0. The number of anilines is 6. The Labute approximate surface area is 364 Å². The normalized spacial score (nSPS) is 12.1. The zero-order chi connectivity index (χ0) is 41.9. The summed E-state index contributed by atoms with van der Waals surface area (Å²) in [5.74, 6) is 0. The molecule has 0 radical (unpaired) electrons. The van der Waals surface area contributed by atoms with E-state index in [1.807, 2.05) is 36.4 Å². The Balaban J connectivity index is 0.911. The maximum Gasteiger partial charge on any atom is 0.159 e. The predicted octanol–water partition coefficient (Wildman–Crippen LogP) is 17.4. The number of para-hydroxylation sites is 6. The van der Waals surface area contributed by atoms with E-state index in [4.69, 9.17) is 17.7 Å². The molecule has 0 N–H and O–H groups in total. The lowest BCUT2D eigenvalue weighted by atomic mass is 10.0. The van der Waals surface area contributed by atoms with Gasteiger partial charge in [-0.15, -0.1) is 0 Å². The van der Waals surface area contributed by atoms with Gasteiger partial charge in [-0.25, -0.2) is 0 Å². The first kappa shape index (κ1) is 34.9. The highest BCUT2D eigenvalue weighted by atomic mass is 16.3. The number of benzene rings is 10. The molecule has 6 nitrogen and oxygen atoms in total. The van der Waals surface area contributed by atoms with E-state index in [2.05, 4.69) is 180 Å². The molecule has 4 heterocycles. The van der Waals surface area contributed by atoms with Crippen LogP contribution in [0.5, 0.6) is 0 Å². The fraction of sp³-hybridized carbons (Fsp3) is 0. The number of hydrogen-bond acceptors (Lipinski definition) is 6. The lowest BCUT2D eigenvalue weighted by molar-refractivity contribution is 0.668. The Kier molecular flexibility index (Phi) is 7.30. The highest BCUT2D eigenvalue weighted by Crippen LogP contribution is 2.47. The topological polar surface area (TPSA) is 59.0 Å². The largest absolute Gasteiger partial charge is 0.455 e. The van der Waals surface area contributed by atoms with E-state index in [0.717, 1.165) is 133 Å². The fourth-order valence-corrected chi connectivity index (χ4v) is 9.95. The summed E-state index contributed by atoms with van der Waals surface area (Å²) < 4.78 is 26.9. The van der Waals surface area contributed by atoms with Crippen molar-refractivity contribution in [1.82, 2.24) is 0 Å². The van der Waals surface area contributed by atoms with Crippen molar-refractivity contribution >= 4 is 133 Å². The van der Waals surface area contributed by atoms with Crippen LogP contribution in [0.1, 0.15) is 0 Å². The van der Waals surface area contributed by atoms with E-state index < -0.39 is 0 Å². The van der Waals surface area contributed by atoms with E-state index in [0.29, 0.717) is 0 Å². The second-order valence-electron chi connectivity index (χ2n) is 16.4. The molecule has 0 aliphatic rings. The third-order valence-electron chi connectivity index (χ3n) is 12.8. The van der Waals surface area contributed by atoms with Crippen LogP contribution in [-0.2, 0) is 0 Å². The van der Waals surface area contributed by atoms with Gasteiger partial charge in [0, 0.05) is 77.4 Å². The molecule has 0 saturated carbocycles. The maximum absolute atomic E-state index is 6.88. The molecule has 0 saturated heterocycles. The van der Waals surface area contributed by atoms with Crippen molar-refractivity contribution in [2.75, 3.05) is 9.80 Å². The van der Waals surface area contributed by atoms with E-state index in [-0.39, 0.29) is 0 Å².